The van der Waals surface area contributed by atoms with Crippen molar-refractivity contribution in [3.63, 3.8) is 0 Å². The third kappa shape index (κ3) is 2.63. The Morgan fingerprint density at radius 2 is 2.00 bits per heavy atom. The van der Waals surface area contributed by atoms with E-state index in [-0.39, 0.29) is 0 Å². The molecular formula is C18H14BrN5S. The number of nitrogens with zero attached hydrogens (tertiary/aromatic N) is 5. The lowest BCUT2D eigenvalue weighted by Crippen LogP contribution is -2.31. The minimum Gasteiger partial charge on any atom is -0.351 e. The SMILES string of the molecule is Brc1ccc2c(c1)CCN(c1ccc3nnc(-c4ccsc4)n3n1)C2. The van der Waals surface area contributed by atoms with Gasteiger partial charge in [0.15, 0.2) is 11.5 Å². The molecule has 1 aromatic carbocycles. The van der Waals surface area contributed by atoms with Gasteiger partial charge >= 0.3 is 0 Å². The predicted octanol–water partition coefficient (Wildman–Crippen LogP) is 4.18. The minimum absolute atomic E-state index is 0.770. The number of hydrogen-bond acceptors (Lipinski definition) is 5. The van der Waals surface area contributed by atoms with Crippen molar-refractivity contribution in [1.82, 2.24) is 19.8 Å². The second-order valence-electron chi connectivity index (χ2n) is 6.08. The first-order chi connectivity index (χ1) is 12.3. The maximum atomic E-state index is 4.82. The van der Waals surface area contributed by atoms with E-state index in [1.807, 2.05) is 28.1 Å². The van der Waals surface area contributed by atoms with Crippen LogP contribution in [0.4, 0.5) is 5.82 Å². The third-order valence-electron chi connectivity index (χ3n) is 4.53. The van der Waals surface area contributed by atoms with Crippen molar-refractivity contribution in [2.75, 3.05) is 11.4 Å². The Balaban J connectivity index is 1.53. The Labute approximate surface area is 157 Å². The van der Waals surface area contributed by atoms with Gasteiger partial charge in [-0.05, 0) is 53.3 Å². The number of halogens is 1. The van der Waals surface area contributed by atoms with Crippen LogP contribution >= 0.6 is 27.3 Å². The molecule has 1 aliphatic rings. The summed E-state index contributed by atoms with van der Waals surface area (Å²) in [6, 6.07) is 12.6. The molecule has 0 fully saturated rings. The zero-order chi connectivity index (χ0) is 16.8. The monoisotopic (exact) mass is 411 g/mol. The van der Waals surface area contributed by atoms with E-state index in [0.717, 1.165) is 46.8 Å². The first-order valence-electron chi connectivity index (χ1n) is 8.05. The van der Waals surface area contributed by atoms with Crippen molar-refractivity contribution < 1.29 is 0 Å². The van der Waals surface area contributed by atoms with E-state index in [2.05, 4.69) is 54.6 Å². The van der Waals surface area contributed by atoms with Gasteiger partial charge < -0.3 is 4.90 Å². The highest BCUT2D eigenvalue weighted by Crippen LogP contribution is 2.27. The summed E-state index contributed by atoms with van der Waals surface area (Å²) < 4.78 is 2.98. The Morgan fingerprint density at radius 1 is 1.04 bits per heavy atom. The fourth-order valence-corrected chi connectivity index (χ4v) is 4.28. The average Bonchev–Trinajstić information content (AvgIpc) is 3.30. The van der Waals surface area contributed by atoms with Crippen LogP contribution in [0.15, 0.2) is 51.6 Å². The van der Waals surface area contributed by atoms with Crippen molar-refractivity contribution in [2.45, 2.75) is 13.0 Å². The molecule has 0 aliphatic carbocycles. The third-order valence-corrected chi connectivity index (χ3v) is 5.71. The molecule has 25 heavy (non-hydrogen) atoms. The molecule has 4 heterocycles. The van der Waals surface area contributed by atoms with E-state index in [1.54, 1.807) is 11.3 Å². The number of hydrogen-bond donors (Lipinski definition) is 0. The molecule has 5 nitrogen and oxygen atoms in total. The van der Waals surface area contributed by atoms with Crippen LogP contribution in [0.25, 0.3) is 17.0 Å². The van der Waals surface area contributed by atoms with Crippen molar-refractivity contribution >= 4 is 38.7 Å². The fraction of sp³-hybridized carbons (Fsp3) is 0.167. The second kappa shape index (κ2) is 5.93. The average molecular weight is 412 g/mol. The van der Waals surface area contributed by atoms with E-state index in [1.165, 1.54) is 11.1 Å². The number of rotatable bonds is 2. The van der Waals surface area contributed by atoms with Gasteiger partial charge in [0, 0.05) is 28.5 Å². The number of benzene rings is 1. The Morgan fingerprint density at radius 3 is 2.88 bits per heavy atom. The van der Waals surface area contributed by atoms with Gasteiger partial charge in [0.25, 0.3) is 0 Å². The molecule has 1 aliphatic heterocycles. The number of thiophene rings is 1. The van der Waals surface area contributed by atoms with Crippen LogP contribution in [-0.2, 0) is 13.0 Å². The van der Waals surface area contributed by atoms with Crippen LogP contribution in [0.2, 0.25) is 0 Å². The Hall–Kier alpha value is -2.25. The number of anilines is 1. The quantitative estimate of drug-likeness (QED) is 0.496. The summed E-state index contributed by atoms with van der Waals surface area (Å²) in [5.41, 5.74) is 4.59. The van der Waals surface area contributed by atoms with Gasteiger partial charge in [-0.3, -0.25) is 0 Å². The second-order valence-corrected chi connectivity index (χ2v) is 7.78. The molecule has 0 bridgehead atoms. The number of aromatic nitrogens is 4. The van der Waals surface area contributed by atoms with Crippen molar-refractivity contribution in [3.8, 4) is 11.4 Å². The first-order valence-corrected chi connectivity index (χ1v) is 9.79. The van der Waals surface area contributed by atoms with E-state index in [9.17, 15) is 0 Å². The van der Waals surface area contributed by atoms with Crippen LogP contribution in [0, 0.1) is 0 Å². The smallest absolute Gasteiger partial charge is 0.186 e. The topological polar surface area (TPSA) is 46.3 Å². The maximum absolute atomic E-state index is 4.82. The van der Waals surface area contributed by atoms with Crippen molar-refractivity contribution in [3.05, 3.63) is 62.8 Å². The summed E-state index contributed by atoms with van der Waals surface area (Å²) in [4.78, 5) is 2.31. The molecule has 0 radical (unpaired) electrons. The molecule has 0 unspecified atom stereocenters. The molecule has 0 saturated heterocycles. The van der Waals surface area contributed by atoms with Crippen molar-refractivity contribution in [2.24, 2.45) is 0 Å². The first kappa shape index (κ1) is 15.0. The molecule has 0 atom stereocenters. The fourth-order valence-electron chi connectivity index (χ4n) is 3.24. The van der Waals surface area contributed by atoms with E-state index < -0.39 is 0 Å². The van der Waals surface area contributed by atoms with Gasteiger partial charge in [0.2, 0.25) is 0 Å². The summed E-state index contributed by atoms with van der Waals surface area (Å²) in [5, 5.41) is 17.5. The highest BCUT2D eigenvalue weighted by Gasteiger charge is 2.19. The van der Waals surface area contributed by atoms with Crippen LogP contribution in [0.5, 0.6) is 0 Å². The molecule has 4 aromatic rings. The van der Waals surface area contributed by atoms with Crippen LogP contribution in [-0.4, -0.2) is 26.4 Å². The van der Waals surface area contributed by atoms with Crippen LogP contribution < -0.4 is 4.90 Å². The largest absolute Gasteiger partial charge is 0.351 e. The lowest BCUT2D eigenvalue weighted by atomic mass is 10.00. The van der Waals surface area contributed by atoms with Crippen LogP contribution in [0.1, 0.15) is 11.1 Å². The molecule has 0 spiro atoms. The standard InChI is InChI=1S/C18H14BrN5S/c19-15-2-1-13-10-23(7-5-12(13)9-15)17-4-3-16-20-21-18(24(16)22-17)14-6-8-25-11-14/h1-4,6,8-9,11H,5,7,10H2. The molecule has 0 saturated carbocycles. The van der Waals surface area contributed by atoms with Gasteiger partial charge in [0.1, 0.15) is 5.82 Å². The van der Waals surface area contributed by atoms with Gasteiger partial charge in [0.05, 0.1) is 0 Å². The summed E-state index contributed by atoms with van der Waals surface area (Å²) in [6.45, 7) is 1.83. The predicted molar refractivity (Wildman–Crippen MR) is 103 cm³/mol. The molecule has 5 rings (SSSR count). The summed E-state index contributed by atoms with van der Waals surface area (Å²) in [5.74, 6) is 1.75. The Kier molecular flexibility index (Phi) is 3.57. The highest BCUT2D eigenvalue weighted by atomic mass is 79.9. The van der Waals surface area contributed by atoms with Gasteiger partial charge in [-0.1, -0.05) is 22.0 Å². The molecule has 3 aromatic heterocycles. The van der Waals surface area contributed by atoms with E-state index >= 15 is 0 Å². The normalized spacial score (nSPS) is 14.0. The van der Waals surface area contributed by atoms with E-state index in [4.69, 9.17) is 5.10 Å². The van der Waals surface area contributed by atoms with E-state index in [0.29, 0.717) is 0 Å². The molecular weight excluding hydrogens is 398 g/mol. The summed E-state index contributed by atoms with van der Waals surface area (Å²) in [7, 11) is 0. The molecule has 7 heteroatoms. The van der Waals surface area contributed by atoms with Gasteiger partial charge in [-0.15, -0.1) is 15.3 Å². The molecule has 0 N–H and O–H groups in total. The molecule has 124 valence electrons. The minimum atomic E-state index is 0.770. The Bertz CT molecular complexity index is 1060. The lowest BCUT2D eigenvalue weighted by Gasteiger charge is -2.29. The lowest BCUT2D eigenvalue weighted by molar-refractivity contribution is 0.708. The number of fused-ring (bicyclic) bond motifs is 2. The maximum Gasteiger partial charge on any atom is 0.186 e. The highest BCUT2D eigenvalue weighted by molar-refractivity contribution is 9.10. The van der Waals surface area contributed by atoms with Crippen molar-refractivity contribution in [1.29, 1.82) is 0 Å². The van der Waals surface area contributed by atoms with Gasteiger partial charge in [-0.2, -0.15) is 15.9 Å². The van der Waals surface area contributed by atoms with Crippen LogP contribution in [0.3, 0.4) is 0 Å². The molecule has 0 amide bonds. The van der Waals surface area contributed by atoms with Gasteiger partial charge in [-0.25, -0.2) is 0 Å². The summed E-state index contributed by atoms with van der Waals surface area (Å²) >= 11 is 5.21. The zero-order valence-corrected chi connectivity index (χ0v) is 15.7. The zero-order valence-electron chi connectivity index (χ0n) is 13.3. The summed E-state index contributed by atoms with van der Waals surface area (Å²) in [6.07, 6.45) is 1.02.